The number of carbonyl (C=O) groups is 3. The van der Waals surface area contributed by atoms with Gasteiger partial charge in [-0.1, -0.05) is 72.3 Å². The Balaban J connectivity index is 1.63. The molecule has 1 atom stereocenters. The van der Waals surface area contributed by atoms with E-state index >= 15 is 0 Å². The van der Waals surface area contributed by atoms with Crippen LogP contribution in [0.25, 0.3) is 10.1 Å². The molecule has 0 bridgehead atoms. The molecule has 7 heteroatoms. The van der Waals surface area contributed by atoms with Gasteiger partial charge in [-0.15, -0.1) is 11.3 Å². The third-order valence-electron chi connectivity index (χ3n) is 4.82. The van der Waals surface area contributed by atoms with Gasteiger partial charge in [-0.3, -0.25) is 9.59 Å². The predicted octanol–water partition coefficient (Wildman–Crippen LogP) is 6.29. The molecule has 1 aromatic heterocycles. The highest BCUT2D eigenvalue weighted by molar-refractivity contribution is 7.21. The molecule has 0 aliphatic heterocycles. The quantitative estimate of drug-likeness (QED) is 0.269. The first-order valence-electron chi connectivity index (χ1n) is 9.79. The number of hydrogen-bond acceptors (Lipinski definition) is 5. The zero-order valence-corrected chi connectivity index (χ0v) is 18.6. The molecule has 0 aliphatic rings. The Kier molecular flexibility index (Phi) is 6.35. The van der Waals surface area contributed by atoms with E-state index in [-0.39, 0.29) is 10.7 Å². The first-order chi connectivity index (χ1) is 15.4. The van der Waals surface area contributed by atoms with Crippen molar-refractivity contribution in [1.29, 1.82) is 0 Å². The van der Waals surface area contributed by atoms with Crippen molar-refractivity contribution in [3.8, 4) is 0 Å². The number of benzene rings is 3. The summed E-state index contributed by atoms with van der Waals surface area (Å²) < 4.78 is 6.51. The lowest BCUT2D eigenvalue weighted by Gasteiger charge is -2.18. The summed E-state index contributed by atoms with van der Waals surface area (Å²) in [5.41, 5.74) is 1.41. The molecule has 32 heavy (non-hydrogen) atoms. The van der Waals surface area contributed by atoms with Crippen LogP contribution in [0.4, 0.5) is 5.69 Å². The van der Waals surface area contributed by atoms with Crippen molar-refractivity contribution in [3.05, 3.63) is 99.9 Å². The summed E-state index contributed by atoms with van der Waals surface area (Å²) >= 11 is 7.63. The Morgan fingerprint density at radius 1 is 0.938 bits per heavy atom. The van der Waals surface area contributed by atoms with Gasteiger partial charge < -0.3 is 10.1 Å². The van der Waals surface area contributed by atoms with E-state index in [1.165, 1.54) is 18.3 Å². The van der Waals surface area contributed by atoms with Crippen LogP contribution in [0.2, 0.25) is 5.02 Å². The number of amides is 1. The molecule has 0 unspecified atom stereocenters. The monoisotopic (exact) mass is 463 g/mol. The van der Waals surface area contributed by atoms with Gasteiger partial charge >= 0.3 is 5.97 Å². The largest absolute Gasteiger partial charge is 0.443 e. The third kappa shape index (κ3) is 4.56. The van der Waals surface area contributed by atoms with Crippen molar-refractivity contribution in [2.24, 2.45) is 0 Å². The molecular weight excluding hydrogens is 446 g/mol. The maximum atomic E-state index is 13.1. The summed E-state index contributed by atoms with van der Waals surface area (Å²) in [5.74, 6) is -1.34. The summed E-state index contributed by atoms with van der Waals surface area (Å²) in [7, 11) is 0. The van der Waals surface area contributed by atoms with Crippen LogP contribution in [0.1, 0.15) is 38.6 Å². The molecule has 1 N–H and O–H groups in total. The number of rotatable bonds is 6. The molecule has 1 amide bonds. The summed E-state index contributed by atoms with van der Waals surface area (Å²) in [6, 6.07) is 22.7. The number of Topliss-reactive ketones (excluding diaryl/α,β-unsaturated/α-hetero) is 1. The summed E-state index contributed by atoms with van der Waals surface area (Å²) in [6.45, 7) is 1.45. The average Bonchev–Trinajstić information content (AvgIpc) is 3.15. The molecule has 0 saturated carbocycles. The van der Waals surface area contributed by atoms with Gasteiger partial charge in [0, 0.05) is 26.9 Å². The normalized spacial score (nSPS) is 11.7. The van der Waals surface area contributed by atoms with Crippen molar-refractivity contribution < 1.29 is 19.1 Å². The molecular formula is C25H18ClNO4S. The number of anilines is 1. The van der Waals surface area contributed by atoms with Gasteiger partial charge in [0.2, 0.25) is 6.10 Å². The molecule has 0 radical (unpaired) electrons. The number of nitrogens with one attached hydrogen (secondary N) is 1. The highest BCUT2D eigenvalue weighted by atomic mass is 35.5. The molecule has 4 rings (SSSR count). The summed E-state index contributed by atoms with van der Waals surface area (Å²) in [4.78, 5) is 38.0. The SMILES string of the molecule is CC(=O)c1cccc(NC(=O)[C@@H](OC(=O)c2sc3ccccc3c2Cl)c2ccccc2)c1. The Morgan fingerprint density at radius 3 is 2.38 bits per heavy atom. The lowest BCUT2D eigenvalue weighted by molar-refractivity contribution is -0.125. The fourth-order valence-corrected chi connectivity index (χ4v) is 4.62. The maximum Gasteiger partial charge on any atom is 0.351 e. The minimum Gasteiger partial charge on any atom is -0.443 e. The van der Waals surface area contributed by atoms with Crippen LogP contribution in [0.3, 0.4) is 0 Å². The number of hydrogen-bond donors (Lipinski definition) is 1. The summed E-state index contributed by atoms with van der Waals surface area (Å²) in [6.07, 6.45) is -1.20. The Bertz CT molecular complexity index is 1320. The molecule has 0 spiro atoms. The van der Waals surface area contributed by atoms with E-state index < -0.39 is 18.0 Å². The van der Waals surface area contributed by atoms with Crippen LogP contribution in [-0.2, 0) is 9.53 Å². The smallest absolute Gasteiger partial charge is 0.351 e. The zero-order chi connectivity index (χ0) is 22.7. The summed E-state index contributed by atoms with van der Waals surface area (Å²) in [5, 5.41) is 3.80. The highest BCUT2D eigenvalue weighted by Gasteiger charge is 2.28. The third-order valence-corrected chi connectivity index (χ3v) is 6.48. The standard InChI is InChI=1S/C25H18ClNO4S/c1-15(28)17-10-7-11-18(14-17)27-24(29)22(16-8-3-2-4-9-16)31-25(30)23-21(26)19-12-5-6-13-20(19)32-23/h2-14,22H,1H3,(H,27,29)/t22-/m0/s1. The number of halogens is 1. The second-order valence-corrected chi connectivity index (χ2v) is 8.49. The molecule has 0 fully saturated rings. The number of ether oxygens (including phenoxy) is 1. The first-order valence-corrected chi connectivity index (χ1v) is 11.0. The fraction of sp³-hybridized carbons (Fsp3) is 0.0800. The van der Waals surface area contributed by atoms with E-state index in [1.807, 2.05) is 24.3 Å². The van der Waals surface area contributed by atoms with Gasteiger partial charge in [-0.25, -0.2) is 4.79 Å². The Labute approximate surface area is 193 Å². The van der Waals surface area contributed by atoms with Crippen molar-refractivity contribution >= 4 is 56.4 Å². The fourth-order valence-electron chi connectivity index (χ4n) is 3.23. The van der Waals surface area contributed by atoms with E-state index in [4.69, 9.17) is 16.3 Å². The van der Waals surface area contributed by atoms with Gasteiger partial charge in [0.15, 0.2) is 5.78 Å². The van der Waals surface area contributed by atoms with Gasteiger partial charge in [-0.05, 0) is 25.1 Å². The predicted molar refractivity (Wildman–Crippen MR) is 127 cm³/mol. The van der Waals surface area contributed by atoms with E-state index in [1.54, 1.807) is 54.6 Å². The molecule has 0 saturated heterocycles. The van der Waals surface area contributed by atoms with Gasteiger partial charge in [0.1, 0.15) is 4.88 Å². The first kappa shape index (κ1) is 21.7. The van der Waals surface area contributed by atoms with E-state index in [0.717, 1.165) is 10.1 Å². The molecule has 0 aliphatic carbocycles. The lowest BCUT2D eigenvalue weighted by atomic mass is 10.1. The van der Waals surface area contributed by atoms with Crippen LogP contribution < -0.4 is 5.32 Å². The van der Waals surface area contributed by atoms with Crippen molar-refractivity contribution in [1.82, 2.24) is 0 Å². The van der Waals surface area contributed by atoms with Gasteiger partial charge in [-0.2, -0.15) is 0 Å². The Hall–Kier alpha value is -3.48. The topological polar surface area (TPSA) is 72.5 Å². The van der Waals surface area contributed by atoms with Crippen LogP contribution in [0.5, 0.6) is 0 Å². The number of ketones is 1. The van der Waals surface area contributed by atoms with E-state index in [9.17, 15) is 14.4 Å². The lowest BCUT2D eigenvalue weighted by Crippen LogP contribution is -2.25. The molecule has 1 heterocycles. The number of esters is 1. The van der Waals surface area contributed by atoms with Gasteiger partial charge in [0.05, 0.1) is 5.02 Å². The molecule has 3 aromatic carbocycles. The minimum absolute atomic E-state index is 0.119. The zero-order valence-electron chi connectivity index (χ0n) is 17.0. The van der Waals surface area contributed by atoms with Crippen LogP contribution in [0.15, 0.2) is 78.9 Å². The number of thiophene rings is 1. The van der Waals surface area contributed by atoms with E-state index in [0.29, 0.717) is 21.8 Å². The van der Waals surface area contributed by atoms with Crippen LogP contribution >= 0.6 is 22.9 Å². The van der Waals surface area contributed by atoms with Crippen molar-refractivity contribution in [2.45, 2.75) is 13.0 Å². The number of carbonyl (C=O) groups excluding carboxylic acids is 3. The minimum atomic E-state index is -1.20. The van der Waals surface area contributed by atoms with E-state index in [2.05, 4.69) is 5.32 Å². The van der Waals surface area contributed by atoms with Crippen molar-refractivity contribution in [2.75, 3.05) is 5.32 Å². The van der Waals surface area contributed by atoms with Crippen LogP contribution in [-0.4, -0.2) is 17.7 Å². The number of fused-ring (bicyclic) bond motifs is 1. The van der Waals surface area contributed by atoms with Crippen LogP contribution in [0, 0.1) is 0 Å². The molecule has 5 nitrogen and oxygen atoms in total. The average molecular weight is 464 g/mol. The second kappa shape index (κ2) is 9.34. The van der Waals surface area contributed by atoms with Crippen molar-refractivity contribution in [3.63, 3.8) is 0 Å². The maximum absolute atomic E-state index is 13.1. The van der Waals surface area contributed by atoms with Gasteiger partial charge in [0.25, 0.3) is 5.91 Å². The molecule has 160 valence electrons. The highest BCUT2D eigenvalue weighted by Crippen LogP contribution is 2.36. The Morgan fingerprint density at radius 2 is 1.66 bits per heavy atom. The second-order valence-electron chi connectivity index (χ2n) is 7.06. The molecule has 4 aromatic rings.